The summed E-state index contributed by atoms with van der Waals surface area (Å²) in [7, 11) is 1.60. The Hall–Kier alpha value is -2.36. The van der Waals surface area contributed by atoms with E-state index in [0.717, 1.165) is 20.7 Å². The minimum atomic E-state index is -0.389. The molecule has 6 heteroatoms. The van der Waals surface area contributed by atoms with Gasteiger partial charge in [-0.05, 0) is 57.9 Å². The van der Waals surface area contributed by atoms with Gasteiger partial charge < -0.3 is 9.72 Å². The molecule has 0 fully saturated rings. The summed E-state index contributed by atoms with van der Waals surface area (Å²) in [6.07, 6.45) is 0. The van der Waals surface area contributed by atoms with E-state index < -0.39 is 0 Å². The van der Waals surface area contributed by atoms with Gasteiger partial charge in [0, 0.05) is 26.0 Å². The number of thiophene rings is 1. The van der Waals surface area contributed by atoms with Crippen molar-refractivity contribution >= 4 is 27.3 Å². The lowest BCUT2D eigenvalue weighted by Crippen LogP contribution is -2.12. The third kappa shape index (κ3) is 3.07. The van der Waals surface area contributed by atoms with E-state index >= 15 is 0 Å². The molecule has 2 aromatic heterocycles. The topological polar surface area (TPSA) is 65.9 Å². The van der Waals surface area contributed by atoms with Crippen molar-refractivity contribution in [2.24, 2.45) is 0 Å². The number of aromatic amines is 1. The molecule has 0 atom stereocenters. The second-order valence-corrected chi connectivity index (χ2v) is 6.60. The average molecular weight is 387 g/mol. The molecule has 0 bridgehead atoms. The van der Waals surface area contributed by atoms with Crippen molar-refractivity contribution in [2.45, 2.75) is 0 Å². The van der Waals surface area contributed by atoms with Crippen molar-refractivity contribution in [2.75, 3.05) is 7.11 Å². The Bertz CT molecular complexity index is 952. The monoisotopic (exact) mass is 386 g/mol. The highest BCUT2D eigenvalue weighted by Gasteiger charge is 2.14. The van der Waals surface area contributed by atoms with Crippen LogP contribution in [-0.4, -0.2) is 12.1 Å². The summed E-state index contributed by atoms with van der Waals surface area (Å²) < 4.78 is 6.07. The van der Waals surface area contributed by atoms with Gasteiger partial charge in [0.1, 0.15) is 17.4 Å². The number of pyridine rings is 1. The first kappa shape index (κ1) is 15.5. The van der Waals surface area contributed by atoms with Crippen molar-refractivity contribution in [3.8, 4) is 33.5 Å². The van der Waals surface area contributed by atoms with Crippen LogP contribution in [0.1, 0.15) is 5.56 Å². The van der Waals surface area contributed by atoms with Gasteiger partial charge in [-0.1, -0.05) is 0 Å². The number of nitrogens with zero attached hydrogens (tertiary/aromatic N) is 1. The molecular formula is C17H11BrN2O2S. The number of nitrogens with one attached hydrogen (secondary N) is 1. The molecule has 23 heavy (non-hydrogen) atoms. The molecule has 4 nitrogen and oxygen atoms in total. The minimum absolute atomic E-state index is 0.122. The van der Waals surface area contributed by atoms with E-state index in [4.69, 9.17) is 4.74 Å². The number of hydrogen-bond donors (Lipinski definition) is 1. The molecule has 1 N–H and O–H groups in total. The Morgan fingerprint density at radius 3 is 2.57 bits per heavy atom. The molecule has 114 valence electrons. The van der Waals surface area contributed by atoms with Gasteiger partial charge in [0.05, 0.1) is 7.11 Å². The molecule has 0 radical (unpaired) electrons. The van der Waals surface area contributed by atoms with Gasteiger partial charge in [-0.25, -0.2) is 0 Å². The van der Waals surface area contributed by atoms with E-state index in [2.05, 4.69) is 20.9 Å². The number of aromatic nitrogens is 1. The maximum absolute atomic E-state index is 12.3. The van der Waals surface area contributed by atoms with Gasteiger partial charge in [0.2, 0.25) is 0 Å². The second-order valence-electron chi connectivity index (χ2n) is 4.77. The molecule has 3 rings (SSSR count). The van der Waals surface area contributed by atoms with Crippen LogP contribution in [0.4, 0.5) is 0 Å². The Balaban J connectivity index is 2.18. The summed E-state index contributed by atoms with van der Waals surface area (Å²) in [5.41, 5.74) is 1.88. The van der Waals surface area contributed by atoms with Crippen molar-refractivity contribution in [1.82, 2.24) is 4.98 Å². The molecule has 0 saturated heterocycles. The Labute approximate surface area is 145 Å². The molecule has 0 aliphatic rings. The lowest BCUT2D eigenvalue weighted by molar-refractivity contribution is 0.415. The zero-order valence-electron chi connectivity index (χ0n) is 12.1. The zero-order valence-corrected chi connectivity index (χ0v) is 14.5. The summed E-state index contributed by atoms with van der Waals surface area (Å²) in [5, 5.41) is 11.2. The van der Waals surface area contributed by atoms with Gasteiger partial charge in [-0.3, -0.25) is 4.79 Å². The quantitative estimate of drug-likeness (QED) is 0.724. The molecule has 2 heterocycles. The third-order valence-electron chi connectivity index (χ3n) is 3.38. The van der Waals surface area contributed by atoms with E-state index in [1.807, 2.05) is 47.8 Å². The number of methoxy groups -OCH3 is 1. The Morgan fingerprint density at radius 1 is 1.26 bits per heavy atom. The van der Waals surface area contributed by atoms with Crippen LogP contribution in [0.3, 0.4) is 0 Å². The maximum Gasteiger partial charge on any atom is 0.267 e. The number of halogens is 1. The second kappa shape index (κ2) is 6.41. The lowest BCUT2D eigenvalue weighted by atomic mass is 10.0. The highest BCUT2D eigenvalue weighted by atomic mass is 79.9. The van der Waals surface area contributed by atoms with E-state index in [1.165, 1.54) is 11.3 Å². The van der Waals surface area contributed by atoms with E-state index in [0.29, 0.717) is 11.3 Å². The summed E-state index contributed by atoms with van der Waals surface area (Å²) in [5.74, 6) is 0.743. The van der Waals surface area contributed by atoms with Crippen molar-refractivity contribution < 1.29 is 4.74 Å². The van der Waals surface area contributed by atoms with Crippen LogP contribution in [0, 0.1) is 11.3 Å². The van der Waals surface area contributed by atoms with Crippen molar-refractivity contribution in [1.29, 1.82) is 5.26 Å². The zero-order chi connectivity index (χ0) is 16.4. The first-order valence-corrected chi connectivity index (χ1v) is 8.36. The summed E-state index contributed by atoms with van der Waals surface area (Å²) in [6, 6.07) is 13.1. The van der Waals surface area contributed by atoms with Gasteiger partial charge in [0.25, 0.3) is 5.56 Å². The van der Waals surface area contributed by atoms with Crippen LogP contribution < -0.4 is 10.3 Å². The smallest absolute Gasteiger partial charge is 0.267 e. The summed E-state index contributed by atoms with van der Waals surface area (Å²) in [4.78, 5) is 15.9. The van der Waals surface area contributed by atoms with Crippen LogP contribution in [0.2, 0.25) is 0 Å². The standard InChI is InChI=1S/C17H11BrN2O2S/c1-22-12-4-2-10(3-5-12)15-7-13(14(8-19)17(21)20-15)16-6-11(18)9-23-16/h2-7,9H,1H3,(H,20,21). The third-order valence-corrected chi connectivity index (χ3v) is 5.10. The highest BCUT2D eigenvalue weighted by Crippen LogP contribution is 2.33. The van der Waals surface area contributed by atoms with Gasteiger partial charge >= 0.3 is 0 Å². The molecule has 0 amide bonds. The van der Waals surface area contributed by atoms with Gasteiger partial charge in [0.15, 0.2) is 0 Å². The van der Waals surface area contributed by atoms with Crippen LogP contribution in [0.15, 0.2) is 51.0 Å². The maximum atomic E-state index is 12.3. The molecular weight excluding hydrogens is 376 g/mol. The summed E-state index contributed by atoms with van der Waals surface area (Å²) >= 11 is 4.88. The number of rotatable bonds is 3. The lowest BCUT2D eigenvalue weighted by Gasteiger charge is -2.07. The molecule has 0 saturated carbocycles. The summed E-state index contributed by atoms with van der Waals surface area (Å²) in [6.45, 7) is 0. The number of hydrogen-bond acceptors (Lipinski definition) is 4. The number of nitriles is 1. The van der Waals surface area contributed by atoms with Crippen LogP contribution in [-0.2, 0) is 0 Å². The Kier molecular flexibility index (Phi) is 4.33. The fourth-order valence-corrected chi connectivity index (χ4v) is 3.70. The van der Waals surface area contributed by atoms with E-state index in [9.17, 15) is 10.1 Å². The number of H-pyrrole nitrogens is 1. The van der Waals surface area contributed by atoms with Crippen LogP contribution >= 0.6 is 27.3 Å². The first-order chi connectivity index (χ1) is 11.1. The van der Waals surface area contributed by atoms with Crippen LogP contribution in [0.25, 0.3) is 21.7 Å². The predicted molar refractivity (Wildman–Crippen MR) is 94.8 cm³/mol. The molecule has 1 aromatic carbocycles. The first-order valence-electron chi connectivity index (χ1n) is 6.68. The van der Waals surface area contributed by atoms with Crippen LogP contribution in [0.5, 0.6) is 5.75 Å². The van der Waals surface area contributed by atoms with E-state index in [-0.39, 0.29) is 11.1 Å². The van der Waals surface area contributed by atoms with Gasteiger partial charge in [-0.2, -0.15) is 5.26 Å². The van der Waals surface area contributed by atoms with Gasteiger partial charge in [-0.15, -0.1) is 11.3 Å². The molecule has 0 aliphatic heterocycles. The normalized spacial score (nSPS) is 10.3. The Morgan fingerprint density at radius 2 is 2.00 bits per heavy atom. The van der Waals surface area contributed by atoms with E-state index in [1.54, 1.807) is 7.11 Å². The highest BCUT2D eigenvalue weighted by molar-refractivity contribution is 9.10. The molecule has 0 unspecified atom stereocenters. The average Bonchev–Trinajstić information content (AvgIpc) is 3.00. The molecule has 0 spiro atoms. The number of benzene rings is 1. The fraction of sp³-hybridized carbons (Fsp3) is 0.0588. The SMILES string of the molecule is COc1ccc(-c2cc(-c3cc(Br)cs3)c(C#N)c(=O)[nH]2)cc1. The minimum Gasteiger partial charge on any atom is -0.497 e. The molecule has 3 aromatic rings. The largest absolute Gasteiger partial charge is 0.497 e. The van der Waals surface area contributed by atoms with Crippen molar-refractivity contribution in [3.63, 3.8) is 0 Å². The number of ether oxygens (including phenoxy) is 1. The fourth-order valence-electron chi connectivity index (χ4n) is 2.25. The molecule has 0 aliphatic carbocycles. The van der Waals surface area contributed by atoms with Crippen molar-refractivity contribution in [3.05, 3.63) is 62.2 Å². The predicted octanol–water partition coefficient (Wildman–Crippen LogP) is 4.41.